The van der Waals surface area contributed by atoms with Gasteiger partial charge in [0.05, 0.1) is 13.2 Å². The van der Waals surface area contributed by atoms with Crippen LogP contribution < -0.4 is 0 Å². The highest BCUT2D eigenvalue weighted by molar-refractivity contribution is 4.92. The Balaban J connectivity index is 1.90. The molecule has 0 amide bonds. The third-order valence-corrected chi connectivity index (χ3v) is 4.09. The molecule has 11 heteroatoms. The number of aliphatic hydroxyl groups excluding tert-OH is 7. The Morgan fingerprint density at radius 1 is 0.875 bits per heavy atom. The summed E-state index contributed by atoms with van der Waals surface area (Å²) < 4.78 is 20.1. The smallest absolute Gasteiger partial charge is 0.186 e. The number of rotatable bonds is 6. The molecule has 11 nitrogen and oxygen atoms in total. The molecular weight excluding hydrogens is 332 g/mol. The average Bonchev–Trinajstić information content (AvgIpc) is 2.83. The Kier molecular flexibility index (Phi) is 6.87. The Morgan fingerprint density at radius 2 is 1.54 bits per heavy atom. The third-order valence-electron chi connectivity index (χ3n) is 4.09. The standard InChI is InChI=1S/C13H24O11/c1-21-2-4(14)11-8(17)10(19)13(24-11)22-3-5-6(15)7(16)9(18)12(20)23-5/h4-20H,2-3H2,1H3/t4-,5-,6-,7+,8-,9-,10+,11-,12-,13+/m0/s1. The molecule has 2 fully saturated rings. The lowest BCUT2D eigenvalue weighted by Crippen LogP contribution is -2.58. The van der Waals surface area contributed by atoms with Crippen molar-refractivity contribution in [3.63, 3.8) is 0 Å². The molecule has 0 saturated carbocycles. The molecule has 0 unspecified atom stereocenters. The minimum Gasteiger partial charge on any atom is -0.388 e. The molecule has 2 rings (SSSR count). The SMILES string of the molecule is COC[C@H](O)[C@@H]1O[C@@H](OC[C@@H]2O[C@H](O)[C@@H](O)[C@H](O)[C@H]2O)[C@H](O)[C@@H]1O. The molecule has 0 aromatic rings. The van der Waals surface area contributed by atoms with Crippen LogP contribution in [-0.2, 0) is 18.9 Å². The lowest BCUT2D eigenvalue weighted by Gasteiger charge is -2.38. The lowest BCUT2D eigenvalue weighted by atomic mass is 9.99. The molecule has 0 aromatic heterocycles. The summed E-state index contributed by atoms with van der Waals surface area (Å²) >= 11 is 0. The van der Waals surface area contributed by atoms with Crippen LogP contribution in [0.5, 0.6) is 0 Å². The molecule has 0 aromatic carbocycles. The number of hydrogen-bond donors (Lipinski definition) is 7. The quantitative estimate of drug-likeness (QED) is 0.243. The highest BCUT2D eigenvalue weighted by atomic mass is 16.7. The zero-order chi connectivity index (χ0) is 18.0. The van der Waals surface area contributed by atoms with Crippen molar-refractivity contribution in [3.05, 3.63) is 0 Å². The molecule has 24 heavy (non-hydrogen) atoms. The van der Waals surface area contributed by atoms with Gasteiger partial charge in [-0.15, -0.1) is 0 Å². The highest BCUT2D eigenvalue weighted by Gasteiger charge is 2.48. The molecule has 0 spiro atoms. The average molecular weight is 356 g/mol. The van der Waals surface area contributed by atoms with E-state index >= 15 is 0 Å². The van der Waals surface area contributed by atoms with Crippen LogP contribution in [-0.4, -0.2) is 117 Å². The molecule has 2 aliphatic rings. The number of methoxy groups -OCH3 is 1. The van der Waals surface area contributed by atoms with Crippen molar-refractivity contribution in [1.82, 2.24) is 0 Å². The maximum Gasteiger partial charge on any atom is 0.186 e. The summed E-state index contributed by atoms with van der Waals surface area (Å²) in [7, 11) is 1.35. The van der Waals surface area contributed by atoms with Gasteiger partial charge in [-0.05, 0) is 0 Å². The molecule has 142 valence electrons. The van der Waals surface area contributed by atoms with E-state index in [0.717, 1.165) is 0 Å². The predicted molar refractivity (Wildman–Crippen MR) is 73.4 cm³/mol. The van der Waals surface area contributed by atoms with Crippen molar-refractivity contribution in [2.24, 2.45) is 0 Å². The van der Waals surface area contributed by atoms with E-state index < -0.39 is 68.0 Å². The van der Waals surface area contributed by atoms with Crippen molar-refractivity contribution < 1.29 is 54.7 Å². The third kappa shape index (κ3) is 4.03. The zero-order valence-electron chi connectivity index (χ0n) is 13.0. The van der Waals surface area contributed by atoms with Crippen molar-refractivity contribution in [3.8, 4) is 0 Å². The summed E-state index contributed by atoms with van der Waals surface area (Å²) in [4.78, 5) is 0. The van der Waals surface area contributed by atoms with Crippen LogP contribution in [0, 0.1) is 0 Å². The summed E-state index contributed by atoms with van der Waals surface area (Å²) in [5.41, 5.74) is 0. The van der Waals surface area contributed by atoms with E-state index in [1.54, 1.807) is 0 Å². The van der Waals surface area contributed by atoms with Gasteiger partial charge in [-0.2, -0.15) is 0 Å². The number of aliphatic hydroxyl groups is 7. The van der Waals surface area contributed by atoms with E-state index in [-0.39, 0.29) is 6.61 Å². The summed E-state index contributed by atoms with van der Waals surface area (Å²) in [5.74, 6) is 0. The van der Waals surface area contributed by atoms with Gasteiger partial charge in [0.1, 0.15) is 48.8 Å². The lowest BCUT2D eigenvalue weighted by molar-refractivity contribution is -0.298. The summed E-state index contributed by atoms with van der Waals surface area (Å²) in [5, 5.41) is 67.7. The van der Waals surface area contributed by atoms with E-state index in [2.05, 4.69) is 0 Å². The molecule has 0 radical (unpaired) electrons. The van der Waals surface area contributed by atoms with Gasteiger partial charge < -0.3 is 54.7 Å². The monoisotopic (exact) mass is 356 g/mol. The van der Waals surface area contributed by atoms with E-state index in [1.807, 2.05) is 0 Å². The van der Waals surface area contributed by atoms with Gasteiger partial charge in [-0.25, -0.2) is 0 Å². The molecule has 0 bridgehead atoms. The largest absolute Gasteiger partial charge is 0.388 e. The van der Waals surface area contributed by atoms with Gasteiger partial charge in [0, 0.05) is 7.11 Å². The zero-order valence-corrected chi connectivity index (χ0v) is 13.0. The first-order chi connectivity index (χ1) is 11.3. The minimum absolute atomic E-state index is 0.123. The van der Waals surface area contributed by atoms with E-state index in [4.69, 9.17) is 18.9 Å². The highest BCUT2D eigenvalue weighted by Crippen LogP contribution is 2.26. The van der Waals surface area contributed by atoms with Gasteiger partial charge in [-0.3, -0.25) is 0 Å². The second-order valence-corrected chi connectivity index (χ2v) is 5.84. The number of hydrogen-bond acceptors (Lipinski definition) is 11. The fraction of sp³-hybridized carbons (Fsp3) is 1.00. The first-order valence-corrected chi connectivity index (χ1v) is 7.45. The minimum atomic E-state index is -1.71. The molecule has 10 atom stereocenters. The van der Waals surface area contributed by atoms with Gasteiger partial charge >= 0.3 is 0 Å². The van der Waals surface area contributed by atoms with Crippen LogP contribution in [0.3, 0.4) is 0 Å². The van der Waals surface area contributed by atoms with Crippen LogP contribution in [0.2, 0.25) is 0 Å². The molecule has 7 N–H and O–H groups in total. The van der Waals surface area contributed by atoms with Crippen molar-refractivity contribution >= 4 is 0 Å². The van der Waals surface area contributed by atoms with Crippen molar-refractivity contribution in [2.45, 2.75) is 61.4 Å². The van der Waals surface area contributed by atoms with E-state index in [0.29, 0.717) is 0 Å². The second-order valence-electron chi connectivity index (χ2n) is 5.84. The Hall–Kier alpha value is -0.440. The van der Waals surface area contributed by atoms with Crippen LogP contribution in [0.1, 0.15) is 0 Å². The Labute approximate surface area is 137 Å². The molecule has 2 aliphatic heterocycles. The van der Waals surface area contributed by atoms with Crippen molar-refractivity contribution in [2.75, 3.05) is 20.3 Å². The van der Waals surface area contributed by atoms with E-state index in [1.165, 1.54) is 7.11 Å². The van der Waals surface area contributed by atoms with Gasteiger partial charge in [-0.1, -0.05) is 0 Å². The van der Waals surface area contributed by atoms with Gasteiger partial charge in [0.25, 0.3) is 0 Å². The Bertz CT molecular complexity index is 396. The maximum absolute atomic E-state index is 9.89. The fourth-order valence-electron chi connectivity index (χ4n) is 2.65. The van der Waals surface area contributed by atoms with Gasteiger partial charge in [0.15, 0.2) is 12.6 Å². The normalized spacial score (nSPS) is 47.8. The van der Waals surface area contributed by atoms with Crippen LogP contribution in [0.15, 0.2) is 0 Å². The Morgan fingerprint density at radius 3 is 2.17 bits per heavy atom. The molecule has 2 heterocycles. The van der Waals surface area contributed by atoms with Crippen LogP contribution >= 0.6 is 0 Å². The molecule has 0 aliphatic carbocycles. The first kappa shape index (κ1) is 19.9. The van der Waals surface area contributed by atoms with Gasteiger partial charge in [0.2, 0.25) is 0 Å². The van der Waals surface area contributed by atoms with Crippen molar-refractivity contribution in [1.29, 1.82) is 0 Å². The summed E-state index contributed by atoms with van der Waals surface area (Å²) in [6.45, 7) is -0.536. The van der Waals surface area contributed by atoms with Crippen LogP contribution in [0.25, 0.3) is 0 Å². The topological polar surface area (TPSA) is 179 Å². The van der Waals surface area contributed by atoms with E-state index in [9.17, 15) is 35.7 Å². The molecular formula is C13H24O11. The second kappa shape index (κ2) is 8.29. The summed E-state index contributed by atoms with van der Waals surface area (Å²) in [6, 6.07) is 0. The fourth-order valence-corrected chi connectivity index (χ4v) is 2.65. The summed E-state index contributed by atoms with van der Waals surface area (Å²) in [6.07, 6.45) is -14.3. The molecule has 2 saturated heterocycles. The maximum atomic E-state index is 9.89. The van der Waals surface area contributed by atoms with Crippen LogP contribution in [0.4, 0.5) is 0 Å². The number of ether oxygens (including phenoxy) is 4. The predicted octanol–water partition coefficient (Wildman–Crippen LogP) is -4.74. The first-order valence-electron chi connectivity index (χ1n) is 7.45.